The first-order valence-corrected chi connectivity index (χ1v) is 5.66. The maximum atomic E-state index is 13.5. The topological polar surface area (TPSA) is 20.2 Å². The highest BCUT2D eigenvalue weighted by Crippen LogP contribution is 2.36. The van der Waals surface area contributed by atoms with Crippen molar-refractivity contribution in [2.24, 2.45) is 5.92 Å². The third-order valence-electron chi connectivity index (χ3n) is 3.45. The Labute approximate surface area is 89.9 Å². The van der Waals surface area contributed by atoms with Crippen LogP contribution in [0.25, 0.3) is 0 Å². The number of halogens is 1. The third kappa shape index (κ3) is 2.37. The van der Waals surface area contributed by atoms with Crippen molar-refractivity contribution in [1.82, 2.24) is 0 Å². The van der Waals surface area contributed by atoms with Gasteiger partial charge in [0.25, 0.3) is 0 Å². The fourth-order valence-corrected chi connectivity index (χ4v) is 2.46. The number of aliphatic hydroxyl groups excluding tert-OH is 1. The molecule has 0 radical (unpaired) electrons. The first-order chi connectivity index (χ1) is 7.31. The zero-order valence-electron chi connectivity index (χ0n) is 8.82. The van der Waals surface area contributed by atoms with E-state index in [2.05, 4.69) is 0 Å². The SMILES string of the molecule is OCC1CCC(c2ccccc2F)CC1. The molecular weight excluding hydrogens is 191 g/mol. The standard InChI is InChI=1S/C13H17FO/c14-13-4-2-1-3-12(13)11-7-5-10(9-15)6-8-11/h1-4,10-11,15H,5-9H2. The summed E-state index contributed by atoms with van der Waals surface area (Å²) in [5.74, 6) is 0.715. The Morgan fingerprint density at radius 3 is 2.40 bits per heavy atom. The molecule has 15 heavy (non-hydrogen) atoms. The van der Waals surface area contributed by atoms with Gasteiger partial charge in [0.1, 0.15) is 5.82 Å². The number of benzene rings is 1. The monoisotopic (exact) mass is 208 g/mol. The average Bonchev–Trinajstić information content (AvgIpc) is 2.30. The molecule has 0 unspecified atom stereocenters. The predicted molar refractivity (Wildman–Crippen MR) is 58.2 cm³/mol. The lowest BCUT2D eigenvalue weighted by molar-refractivity contribution is 0.182. The Morgan fingerprint density at radius 2 is 1.80 bits per heavy atom. The summed E-state index contributed by atoms with van der Waals surface area (Å²) in [6, 6.07) is 7.06. The normalized spacial score (nSPS) is 26.5. The first-order valence-electron chi connectivity index (χ1n) is 5.66. The summed E-state index contributed by atoms with van der Waals surface area (Å²) in [6.45, 7) is 0.282. The summed E-state index contributed by atoms with van der Waals surface area (Å²) >= 11 is 0. The summed E-state index contributed by atoms with van der Waals surface area (Å²) < 4.78 is 13.5. The smallest absolute Gasteiger partial charge is 0.126 e. The van der Waals surface area contributed by atoms with Gasteiger partial charge in [-0.2, -0.15) is 0 Å². The van der Waals surface area contributed by atoms with Gasteiger partial charge in [-0.3, -0.25) is 0 Å². The highest BCUT2D eigenvalue weighted by atomic mass is 19.1. The van der Waals surface area contributed by atoms with E-state index in [1.54, 1.807) is 6.07 Å². The van der Waals surface area contributed by atoms with Crippen LogP contribution in [0.1, 0.15) is 37.2 Å². The van der Waals surface area contributed by atoms with Gasteiger partial charge in [0, 0.05) is 6.61 Å². The molecule has 2 heteroatoms. The van der Waals surface area contributed by atoms with E-state index in [1.165, 1.54) is 6.07 Å². The van der Waals surface area contributed by atoms with Crippen LogP contribution in [0.5, 0.6) is 0 Å². The quantitative estimate of drug-likeness (QED) is 0.791. The summed E-state index contributed by atoms with van der Waals surface area (Å²) in [7, 11) is 0. The largest absolute Gasteiger partial charge is 0.396 e. The maximum absolute atomic E-state index is 13.5. The minimum atomic E-state index is -0.0788. The van der Waals surface area contributed by atoms with E-state index in [-0.39, 0.29) is 12.4 Å². The van der Waals surface area contributed by atoms with Crippen LogP contribution in [0, 0.1) is 11.7 Å². The molecule has 2 rings (SSSR count). The molecule has 0 atom stereocenters. The van der Waals surface area contributed by atoms with Crippen LogP contribution in [-0.4, -0.2) is 11.7 Å². The summed E-state index contributed by atoms with van der Waals surface area (Å²) in [6.07, 6.45) is 4.06. The van der Waals surface area contributed by atoms with Crippen LogP contribution in [-0.2, 0) is 0 Å². The molecule has 0 amide bonds. The third-order valence-corrected chi connectivity index (χ3v) is 3.45. The van der Waals surface area contributed by atoms with E-state index < -0.39 is 0 Å². The molecule has 0 spiro atoms. The Hall–Kier alpha value is -0.890. The molecule has 1 saturated carbocycles. The van der Waals surface area contributed by atoms with Crippen molar-refractivity contribution in [1.29, 1.82) is 0 Å². The Balaban J connectivity index is 2.04. The molecule has 82 valence electrons. The number of hydrogen-bond donors (Lipinski definition) is 1. The van der Waals surface area contributed by atoms with Gasteiger partial charge >= 0.3 is 0 Å². The van der Waals surface area contributed by atoms with E-state index in [9.17, 15) is 4.39 Å². The fraction of sp³-hybridized carbons (Fsp3) is 0.538. The molecular formula is C13H17FO. The van der Waals surface area contributed by atoms with Crippen LogP contribution in [0.4, 0.5) is 4.39 Å². The van der Waals surface area contributed by atoms with Gasteiger partial charge in [0.15, 0.2) is 0 Å². The van der Waals surface area contributed by atoms with Crippen LogP contribution in [0.3, 0.4) is 0 Å². The van der Waals surface area contributed by atoms with Gasteiger partial charge in [0.05, 0.1) is 0 Å². The van der Waals surface area contributed by atoms with Gasteiger partial charge in [-0.25, -0.2) is 4.39 Å². The fourth-order valence-electron chi connectivity index (χ4n) is 2.46. The van der Waals surface area contributed by atoms with Gasteiger partial charge in [-0.05, 0) is 49.1 Å². The number of rotatable bonds is 2. The van der Waals surface area contributed by atoms with Crippen molar-refractivity contribution in [2.75, 3.05) is 6.61 Å². The summed E-state index contributed by atoms with van der Waals surface area (Å²) in [5, 5.41) is 9.03. The van der Waals surface area contributed by atoms with E-state index in [0.717, 1.165) is 31.2 Å². The second-order valence-corrected chi connectivity index (χ2v) is 4.42. The van der Waals surface area contributed by atoms with Crippen molar-refractivity contribution in [3.05, 3.63) is 35.6 Å². The van der Waals surface area contributed by atoms with Gasteiger partial charge in [-0.1, -0.05) is 18.2 Å². The van der Waals surface area contributed by atoms with E-state index in [0.29, 0.717) is 11.8 Å². The van der Waals surface area contributed by atoms with Crippen LogP contribution < -0.4 is 0 Å². The minimum Gasteiger partial charge on any atom is -0.396 e. The molecule has 0 bridgehead atoms. The molecule has 1 fully saturated rings. The van der Waals surface area contributed by atoms with E-state index in [4.69, 9.17) is 5.11 Å². The molecule has 0 heterocycles. The zero-order valence-corrected chi connectivity index (χ0v) is 8.82. The van der Waals surface area contributed by atoms with Crippen molar-refractivity contribution in [2.45, 2.75) is 31.6 Å². The first kappa shape index (κ1) is 10.6. The van der Waals surface area contributed by atoms with E-state index in [1.807, 2.05) is 12.1 Å². The summed E-state index contributed by atoms with van der Waals surface area (Å²) in [4.78, 5) is 0. The van der Waals surface area contributed by atoms with Crippen LogP contribution in [0.15, 0.2) is 24.3 Å². The Kier molecular flexibility index (Phi) is 3.37. The lowest BCUT2D eigenvalue weighted by atomic mass is 9.79. The second kappa shape index (κ2) is 4.75. The molecule has 0 aliphatic heterocycles. The molecule has 1 aliphatic carbocycles. The average molecular weight is 208 g/mol. The van der Waals surface area contributed by atoms with Crippen molar-refractivity contribution in [3.63, 3.8) is 0 Å². The summed E-state index contributed by atoms with van der Waals surface area (Å²) in [5.41, 5.74) is 0.855. The minimum absolute atomic E-state index is 0.0788. The van der Waals surface area contributed by atoms with Crippen molar-refractivity contribution in [3.8, 4) is 0 Å². The Bertz CT molecular complexity index is 316. The van der Waals surface area contributed by atoms with E-state index >= 15 is 0 Å². The number of aliphatic hydroxyl groups is 1. The molecule has 1 nitrogen and oxygen atoms in total. The Morgan fingerprint density at radius 1 is 1.13 bits per heavy atom. The van der Waals surface area contributed by atoms with Crippen molar-refractivity contribution >= 4 is 0 Å². The lowest BCUT2D eigenvalue weighted by Gasteiger charge is -2.27. The van der Waals surface area contributed by atoms with Crippen LogP contribution >= 0.6 is 0 Å². The molecule has 1 aliphatic rings. The van der Waals surface area contributed by atoms with Gasteiger partial charge < -0.3 is 5.11 Å². The lowest BCUT2D eigenvalue weighted by Crippen LogP contribution is -2.16. The molecule has 1 aromatic carbocycles. The van der Waals surface area contributed by atoms with Gasteiger partial charge in [0.2, 0.25) is 0 Å². The highest BCUT2D eigenvalue weighted by molar-refractivity contribution is 5.22. The highest BCUT2D eigenvalue weighted by Gasteiger charge is 2.23. The zero-order chi connectivity index (χ0) is 10.7. The number of hydrogen-bond acceptors (Lipinski definition) is 1. The van der Waals surface area contributed by atoms with Gasteiger partial charge in [-0.15, -0.1) is 0 Å². The second-order valence-electron chi connectivity index (χ2n) is 4.42. The predicted octanol–water partition coefficient (Wildman–Crippen LogP) is 3.09. The van der Waals surface area contributed by atoms with Crippen molar-refractivity contribution < 1.29 is 9.50 Å². The molecule has 1 aromatic rings. The molecule has 1 N–H and O–H groups in total. The molecule has 0 aromatic heterocycles. The maximum Gasteiger partial charge on any atom is 0.126 e. The van der Waals surface area contributed by atoms with Crippen LogP contribution in [0.2, 0.25) is 0 Å². The molecule has 0 saturated heterocycles.